The van der Waals surface area contributed by atoms with Gasteiger partial charge >= 0.3 is 0 Å². The van der Waals surface area contributed by atoms with Crippen molar-refractivity contribution in [1.82, 2.24) is 0 Å². The molecule has 0 aromatic carbocycles. The quantitative estimate of drug-likeness (QED) is 0.621. The van der Waals surface area contributed by atoms with Crippen LogP contribution >= 0.6 is 0 Å². The van der Waals surface area contributed by atoms with Crippen LogP contribution in [-0.2, 0) is 14.9 Å². The first-order valence-corrected chi connectivity index (χ1v) is 5.75. The van der Waals surface area contributed by atoms with Gasteiger partial charge in [-0.15, -0.1) is 0 Å². The largest absolute Gasteiger partial charge is 0.237 e. The van der Waals surface area contributed by atoms with Gasteiger partial charge in [0.15, 0.2) is 9.84 Å². The van der Waals surface area contributed by atoms with Crippen LogP contribution in [0.15, 0.2) is 0 Å². The molecule has 0 aliphatic carbocycles. The van der Waals surface area contributed by atoms with Gasteiger partial charge in [0.25, 0.3) is 0 Å². The molecule has 0 amide bonds. The van der Waals surface area contributed by atoms with Crippen LogP contribution < -0.4 is 0 Å². The lowest BCUT2D eigenvalue weighted by Crippen LogP contribution is -2.25. The highest BCUT2D eigenvalue weighted by Gasteiger charge is 2.23. The average molecular weight is 177 g/mol. The highest BCUT2D eigenvalue weighted by molar-refractivity contribution is 7.91. The van der Waals surface area contributed by atoms with Gasteiger partial charge in [0, 0.05) is 0 Å². The van der Waals surface area contributed by atoms with Gasteiger partial charge < -0.3 is 0 Å². The van der Waals surface area contributed by atoms with Gasteiger partial charge in [-0.05, 0) is 25.2 Å². The first kappa shape index (κ1) is 9.00. The van der Waals surface area contributed by atoms with Crippen molar-refractivity contribution in [3.8, 4) is 0 Å². The molecular formula is C7H13O3S. The van der Waals surface area contributed by atoms with Crippen molar-refractivity contribution in [2.24, 2.45) is 5.92 Å². The summed E-state index contributed by atoms with van der Waals surface area (Å²) in [5.74, 6) is 0.712. The second-order valence-electron chi connectivity index (χ2n) is 3.12. The van der Waals surface area contributed by atoms with Crippen molar-refractivity contribution in [2.45, 2.75) is 19.3 Å². The maximum absolute atomic E-state index is 11.0. The van der Waals surface area contributed by atoms with Crippen LogP contribution in [0.4, 0.5) is 0 Å². The lowest BCUT2D eigenvalue weighted by atomic mass is 10.0. The molecule has 0 spiro atoms. The molecule has 0 aromatic rings. The zero-order valence-electron chi connectivity index (χ0n) is 6.45. The molecule has 65 valence electrons. The van der Waals surface area contributed by atoms with E-state index in [-0.39, 0.29) is 18.3 Å². The first-order valence-electron chi connectivity index (χ1n) is 3.92. The second-order valence-corrected chi connectivity index (χ2v) is 5.34. The topological polar surface area (TPSA) is 54.0 Å². The van der Waals surface area contributed by atoms with E-state index in [1.165, 1.54) is 0 Å². The fourth-order valence-corrected chi connectivity index (χ4v) is 3.34. The Kier molecular flexibility index (Phi) is 2.90. The standard InChI is InChI=1S/C7H13O3S/c8-4-3-7-2-1-5-11(9,10)6-7/h7H,1-6H2. The normalized spacial score (nSPS) is 30.1. The van der Waals surface area contributed by atoms with Crippen LogP contribution in [0, 0.1) is 5.92 Å². The highest BCUT2D eigenvalue weighted by Crippen LogP contribution is 2.20. The number of hydrogen-bond donors (Lipinski definition) is 0. The molecule has 1 aliphatic rings. The van der Waals surface area contributed by atoms with Gasteiger partial charge in [0.05, 0.1) is 18.1 Å². The van der Waals surface area contributed by atoms with E-state index in [0.29, 0.717) is 12.2 Å². The third-order valence-electron chi connectivity index (χ3n) is 2.08. The molecule has 4 heteroatoms. The van der Waals surface area contributed by atoms with Gasteiger partial charge in [-0.2, -0.15) is 0 Å². The van der Waals surface area contributed by atoms with Crippen molar-refractivity contribution in [2.75, 3.05) is 18.1 Å². The summed E-state index contributed by atoms with van der Waals surface area (Å²) in [6.07, 6.45) is 2.19. The molecule has 11 heavy (non-hydrogen) atoms. The molecule has 1 rings (SSSR count). The zero-order valence-corrected chi connectivity index (χ0v) is 7.27. The molecule has 0 saturated carbocycles. The minimum Gasteiger partial charge on any atom is -0.237 e. The predicted molar refractivity (Wildman–Crippen MR) is 41.5 cm³/mol. The van der Waals surface area contributed by atoms with E-state index in [1.807, 2.05) is 0 Å². The van der Waals surface area contributed by atoms with Crippen LogP contribution in [0.5, 0.6) is 0 Å². The Balaban J connectivity index is 2.47. The minimum absolute atomic E-state index is 0.139. The van der Waals surface area contributed by atoms with Crippen molar-refractivity contribution in [3.05, 3.63) is 0 Å². The van der Waals surface area contributed by atoms with E-state index in [0.717, 1.165) is 12.8 Å². The fraction of sp³-hybridized carbons (Fsp3) is 1.00. The molecule has 0 aromatic heterocycles. The summed E-state index contributed by atoms with van der Waals surface area (Å²) < 4.78 is 22.1. The third kappa shape index (κ3) is 2.79. The number of rotatable bonds is 2. The minimum atomic E-state index is -2.79. The van der Waals surface area contributed by atoms with Crippen LogP contribution in [0.1, 0.15) is 19.3 Å². The van der Waals surface area contributed by atoms with E-state index in [4.69, 9.17) is 0 Å². The summed E-state index contributed by atoms with van der Waals surface area (Å²) in [6.45, 7) is -0.139. The Morgan fingerprint density at radius 2 is 2.09 bits per heavy atom. The van der Waals surface area contributed by atoms with Gasteiger partial charge in [0.2, 0.25) is 0 Å². The molecular weight excluding hydrogens is 164 g/mol. The Hall–Kier alpha value is -0.0900. The zero-order chi connectivity index (χ0) is 8.32. The Morgan fingerprint density at radius 3 is 2.64 bits per heavy atom. The van der Waals surface area contributed by atoms with Gasteiger partial charge in [0.1, 0.15) is 0 Å². The van der Waals surface area contributed by atoms with Gasteiger partial charge in [-0.1, -0.05) is 0 Å². The van der Waals surface area contributed by atoms with Crippen molar-refractivity contribution in [3.63, 3.8) is 0 Å². The SMILES string of the molecule is [O]CCC1CCCS(=O)(=O)C1. The Labute approximate surface area is 67.3 Å². The highest BCUT2D eigenvalue weighted by atomic mass is 32.2. The molecule has 1 radical (unpaired) electrons. The molecule has 1 heterocycles. The molecule has 1 aliphatic heterocycles. The monoisotopic (exact) mass is 177 g/mol. The first-order chi connectivity index (χ1) is 5.14. The van der Waals surface area contributed by atoms with E-state index in [9.17, 15) is 13.5 Å². The van der Waals surface area contributed by atoms with Crippen molar-refractivity contribution < 1.29 is 13.5 Å². The molecule has 0 bridgehead atoms. The second kappa shape index (κ2) is 3.54. The molecule has 0 N–H and O–H groups in total. The van der Waals surface area contributed by atoms with Crippen molar-refractivity contribution in [1.29, 1.82) is 0 Å². The van der Waals surface area contributed by atoms with Gasteiger partial charge in [-0.25, -0.2) is 13.5 Å². The summed E-state index contributed by atoms with van der Waals surface area (Å²) in [4.78, 5) is 0. The Bertz CT molecular complexity index is 206. The van der Waals surface area contributed by atoms with E-state index < -0.39 is 9.84 Å². The maximum atomic E-state index is 11.0. The summed E-state index contributed by atoms with van der Waals surface area (Å²) in [7, 11) is -2.79. The number of hydrogen-bond acceptors (Lipinski definition) is 2. The summed E-state index contributed by atoms with van der Waals surface area (Å²) >= 11 is 0. The Morgan fingerprint density at radius 1 is 1.36 bits per heavy atom. The van der Waals surface area contributed by atoms with Crippen molar-refractivity contribution >= 4 is 9.84 Å². The summed E-state index contributed by atoms with van der Waals surface area (Å²) in [5, 5.41) is 10.2. The molecule has 1 fully saturated rings. The van der Waals surface area contributed by atoms with E-state index in [2.05, 4.69) is 0 Å². The molecule has 1 unspecified atom stereocenters. The lowest BCUT2D eigenvalue weighted by molar-refractivity contribution is 0.171. The van der Waals surface area contributed by atoms with Crippen LogP contribution in [-0.4, -0.2) is 26.5 Å². The average Bonchev–Trinajstić information content (AvgIpc) is 1.85. The molecule has 1 atom stereocenters. The summed E-state index contributed by atoms with van der Waals surface area (Å²) in [6, 6.07) is 0. The maximum Gasteiger partial charge on any atom is 0.150 e. The van der Waals surface area contributed by atoms with Crippen LogP contribution in [0.3, 0.4) is 0 Å². The lowest BCUT2D eigenvalue weighted by Gasteiger charge is -2.20. The van der Waals surface area contributed by atoms with Crippen LogP contribution in [0.2, 0.25) is 0 Å². The number of sulfone groups is 1. The van der Waals surface area contributed by atoms with E-state index >= 15 is 0 Å². The van der Waals surface area contributed by atoms with Gasteiger partial charge in [-0.3, -0.25) is 0 Å². The smallest absolute Gasteiger partial charge is 0.150 e. The van der Waals surface area contributed by atoms with Crippen LogP contribution in [0.25, 0.3) is 0 Å². The summed E-state index contributed by atoms with van der Waals surface area (Å²) in [5.41, 5.74) is 0. The molecule has 1 saturated heterocycles. The van der Waals surface area contributed by atoms with E-state index in [1.54, 1.807) is 0 Å². The molecule has 3 nitrogen and oxygen atoms in total. The predicted octanol–water partition coefficient (Wildman–Crippen LogP) is 0.632. The third-order valence-corrected chi connectivity index (χ3v) is 3.97. The fourth-order valence-electron chi connectivity index (χ4n) is 1.51.